The summed E-state index contributed by atoms with van der Waals surface area (Å²) < 4.78 is 0. The molecule has 4 heteroatoms. The second-order valence-corrected chi connectivity index (χ2v) is 5.01. The molecule has 0 amide bonds. The van der Waals surface area contributed by atoms with Gasteiger partial charge in [0, 0.05) is 24.3 Å². The van der Waals surface area contributed by atoms with Crippen molar-refractivity contribution in [1.82, 2.24) is 0 Å². The largest absolute Gasteiger partial charge is 0.366 e. The van der Waals surface area contributed by atoms with E-state index in [2.05, 4.69) is 11.0 Å². The van der Waals surface area contributed by atoms with E-state index >= 15 is 0 Å². The Morgan fingerprint density at radius 1 is 1.25 bits per heavy atom. The minimum absolute atomic E-state index is 0.0432. The lowest BCUT2D eigenvalue weighted by Gasteiger charge is -2.29. The number of halogens is 1. The number of nitriles is 1. The van der Waals surface area contributed by atoms with Gasteiger partial charge in [0.15, 0.2) is 0 Å². The van der Waals surface area contributed by atoms with Crippen LogP contribution < -0.4 is 10.6 Å². The van der Waals surface area contributed by atoms with Crippen LogP contribution >= 0.6 is 11.6 Å². The average Bonchev–Trinajstić information content (AvgIpc) is 2.48. The first-order valence-corrected chi connectivity index (χ1v) is 6.72. The lowest BCUT2D eigenvalue weighted by molar-refractivity contribution is 0.681. The molecular formula is C16H16ClN3. The van der Waals surface area contributed by atoms with Gasteiger partial charge in [-0.25, -0.2) is 0 Å². The smallest absolute Gasteiger partial charge is 0.0991 e. The molecule has 0 heterocycles. The van der Waals surface area contributed by atoms with Crippen molar-refractivity contribution in [2.45, 2.75) is 6.04 Å². The average molecular weight is 286 g/mol. The highest BCUT2D eigenvalue weighted by molar-refractivity contribution is 6.30. The van der Waals surface area contributed by atoms with Gasteiger partial charge in [-0.3, -0.25) is 0 Å². The maximum Gasteiger partial charge on any atom is 0.0991 e. The molecule has 0 aliphatic carbocycles. The Balaban J connectivity index is 2.28. The first kappa shape index (κ1) is 14.4. The maximum absolute atomic E-state index is 8.83. The van der Waals surface area contributed by atoms with Gasteiger partial charge < -0.3 is 10.6 Å². The van der Waals surface area contributed by atoms with E-state index in [4.69, 9.17) is 22.6 Å². The Kier molecular flexibility index (Phi) is 4.62. The Morgan fingerprint density at radius 2 is 1.95 bits per heavy atom. The van der Waals surface area contributed by atoms with Crippen LogP contribution in [-0.4, -0.2) is 13.6 Å². The SMILES string of the molecule is CN(c1ccc(C#N)cc1)C(CN)c1cccc(Cl)c1. The minimum Gasteiger partial charge on any atom is -0.366 e. The van der Waals surface area contributed by atoms with Gasteiger partial charge in [0.05, 0.1) is 17.7 Å². The number of likely N-dealkylation sites (N-methyl/N-ethyl adjacent to an activating group) is 1. The molecule has 0 aliphatic heterocycles. The molecule has 1 atom stereocenters. The third-order valence-corrected chi connectivity index (χ3v) is 3.56. The molecule has 2 aromatic rings. The van der Waals surface area contributed by atoms with Gasteiger partial charge in [-0.15, -0.1) is 0 Å². The molecule has 0 fully saturated rings. The molecule has 102 valence electrons. The summed E-state index contributed by atoms with van der Waals surface area (Å²) in [4.78, 5) is 2.09. The van der Waals surface area contributed by atoms with Crippen molar-refractivity contribution < 1.29 is 0 Å². The normalized spacial score (nSPS) is 11.7. The van der Waals surface area contributed by atoms with E-state index in [-0.39, 0.29) is 6.04 Å². The summed E-state index contributed by atoms with van der Waals surface area (Å²) >= 11 is 6.04. The molecular weight excluding hydrogens is 270 g/mol. The minimum atomic E-state index is 0.0432. The fourth-order valence-electron chi connectivity index (χ4n) is 2.18. The quantitative estimate of drug-likeness (QED) is 0.937. The Bertz CT molecular complexity index is 616. The Hall–Kier alpha value is -2.02. The Labute approximate surface area is 124 Å². The molecule has 0 saturated heterocycles. The highest BCUT2D eigenvalue weighted by atomic mass is 35.5. The van der Waals surface area contributed by atoms with Gasteiger partial charge >= 0.3 is 0 Å². The molecule has 2 aromatic carbocycles. The van der Waals surface area contributed by atoms with Crippen LogP contribution in [0.4, 0.5) is 5.69 Å². The van der Waals surface area contributed by atoms with Gasteiger partial charge in [0.1, 0.15) is 0 Å². The molecule has 0 spiro atoms. The van der Waals surface area contributed by atoms with Crippen molar-refractivity contribution in [3.05, 3.63) is 64.7 Å². The molecule has 3 nitrogen and oxygen atoms in total. The van der Waals surface area contributed by atoms with Crippen molar-refractivity contribution >= 4 is 17.3 Å². The fraction of sp³-hybridized carbons (Fsp3) is 0.188. The van der Waals surface area contributed by atoms with Gasteiger partial charge in [-0.2, -0.15) is 5.26 Å². The van der Waals surface area contributed by atoms with E-state index in [0.29, 0.717) is 17.1 Å². The second kappa shape index (κ2) is 6.42. The van der Waals surface area contributed by atoms with Crippen molar-refractivity contribution in [1.29, 1.82) is 5.26 Å². The monoisotopic (exact) mass is 285 g/mol. The molecule has 0 bridgehead atoms. The van der Waals surface area contributed by atoms with Gasteiger partial charge in [0.2, 0.25) is 0 Å². The number of rotatable bonds is 4. The van der Waals surface area contributed by atoms with Crippen molar-refractivity contribution in [2.75, 3.05) is 18.5 Å². The van der Waals surface area contributed by atoms with Gasteiger partial charge in [-0.1, -0.05) is 23.7 Å². The van der Waals surface area contributed by atoms with E-state index in [9.17, 15) is 0 Å². The third-order valence-electron chi connectivity index (χ3n) is 3.33. The second-order valence-electron chi connectivity index (χ2n) is 4.58. The first-order chi connectivity index (χ1) is 9.65. The Morgan fingerprint density at radius 3 is 2.50 bits per heavy atom. The summed E-state index contributed by atoms with van der Waals surface area (Å²) in [6, 6.07) is 17.3. The maximum atomic E-state index is 8.83. The van der Waals surface area contributed by atoms with E-state index in [1.54, 1.807) is 12.1 Å². The first-order valence-electron chi connectivity index (χ1n) is 6.34. The number of nitrogens with zero attached hydrogens (tertiary/aromatic N) is 2. The van der Waals surface area contributed by atoms with E-state index in [0.717, 1.165) is 11.3 Å². The van der Waals surface area contributed by atoms with Crippen molar-refractivity contribution in [3.63, 3.8) is 0 Å². The summed E-state index contributed by atoms with van der Waals surface area (Å²) in [6.07, 6.45) is 0. The van der Waals surface area contributed by atoms with E-state index in [1.807, 2.05) is 43.4 Å². The summed E-state index contributed by atoms with van der Waals surface area (Å²) in [5.41, 5.74) is 8.65. The lowest BCUT2D eigenvalue weighted by atomic mass is 10.0. The molecule has 2 rings (SSSR count). The summed E-state index contributed by atoms with van der Waals surface area (Å²) in [5.74, 6) is 0. The van der Waals surface area contributed by atoms with Crippen LogP contribution in [-0.2, 0) is 0 Å². The van der Waals surface area contributed by atoms with Crippen LogP contribution in [0.1, 0.15) is 17.2 Å². The third kappa shape index (κ3) is 3.11. The number of anilines is 1. The van der Waals surface area contributed by atoms with Crippen molar-refractivity contribution in [3.8, 4) is 6.07 Å². The molecule has 0 radical (unpaired) electrons. The zero-order chi connectivity index (χ0) is 14.5. The predicted octanol–water partition coefficient (Wildman–Crippen LogP) is 3.35. The summed E-state index contributed by atoms with van der Waals surface area (Å²) in [6.45, 7) is 0.483. The molecule has 0 aromatic heterocycles. The topological polar surface area (TPSA) is 53.0 Å². The number of hydrogen-bond donors (Lipinski definition) is 1. The van der Waals surface area contributed by atoms with Gasteiger partial charge in [0.25, 0.3) is 0 Å². The zero-order valence-electron chi connectivity index (χ0n) is 11.3. The fourth-order valence-corrected chi connectivity index (χ4v) is 2.38. The van der Waals surface area contributed by atoms with Crippen LogP contribution in [0, 0.1) is 11.3 Å². The van der Waals surface area contributed by atoms with Crippen LogP contribution in [0.2, 0.25) is 5.02 Å². The molecule has 20 heavy (non-hydrogen) atoms. The number of benzene rings is 2. The molecule has 0 saturated carbocycles. The van der Waals surface area contributed by atoms with E-state index < -0.39 is 0 Å². The zero-order valence-corrected chi connectivity index (χ0v) is 12.0. The molecule has 2 N–H and O–H groups in total. The van der Waals surface area contributed by atoms with Crippen LogP contribution in [0.3, 0.4) is 0 Å². The number of nitrogens with two attached hydrogens (primary N) is 1. The van der Waals surface area contributed by atoms with Crippen molar-refractivity contribution in [2.24, 2.45) is 5.73 Å². The lowest BCUT2D eigenvalue weighted by Crippen LogP contribution is -2.30. The molecule has 1 unspecified atom stereocenters. The summed E-state index contributed by atoms with van der Waals surface area (Å²) in [7, 11) is 1.99. The number of hydrogen-bond acceptors (Lipinski definition) is 3. The van der Waals surface area contributed by atoms with Crippen LogP contribution in [0.5, 0.6) is 0 Å². The van der Waals surface area contributed by atoms with Crippen LogP contribution in [0.15, 0.2) is 48.5 Å². The molecule has 0 aliphatic rings. The van der Waals surface area contributed by atoms with E-state index in [1.165, 1.54) is 0 Å². The predicted molar refractivity (Wildman–Crippen MR) is 82.8 cm³/mol. The van der Waals surface area contributed by atoms with Gasteiger partial charge in [-0.05, 0) is 42.0 Å². The van der Waals surface area contributed by atoms with Crippen LogP contribution in [0.25, 0.3) is 0 Å². The highest BCUT2D eigenvalue weighted by Crippen LogP contribution is 2.26. The highest BCUT2D eigenvalue weighted by Gasteiger charge is 2.16. The standard InChI is InChI=1S/C16H16ClN3/c1-20(15-7-5-12(10-18)6-8-15)16(11-19)13-3-2-4-14(17)9-13/h2-9,16H,11,19H2,1H3. The summed E-state index contributed by atoms with van der Waals surface area (Å²) in [5, 5.41) is 9.54.